The van der Waals surface area contributed by atoms with Crippen LogP contribution in [0.5, 0.6) is 5.75 Å². The number of nitrogens with zero attached hydrogens (tertiary/aromatic N) is 2. The monoisotopic (exact) mass is 330 g/mol. The first-order valence-electron chi connectivity index (χ1n) is 8.14. The van der Waals surface area contributed by atoms with Gasteiger partial charge in [0.1, 0.15) is 22.5 Å². The van der Waals surface area contributed by atoms with Crippen molar-refractivity contribution in [3.05, 3.63) is 45.9 Å². The minimum Gasteiger partial charge on any atom is -0.487 e. The van der Waals surface area contributed by atoms with Gasteiger partial charge in [-0.25, -0.2) is 4.98 Å². The molecule has 0 radical (unpaired) electrons. The summed E-state index contributed by atoms with van der Waals surface area (Å²) in [5.41, 5.74) is 2.53. The van der Waals surface area contributed by atoms with Gasteiger partial charge in [0.2, 0.25) is 0 Å². The van der Waals surface area contributed by atoms with Crippen LogP contribution in [0.2, 0.25) is 0 Å². The second-order valence-corrected chi connectivity index (χ2v) is 7.83. The second kappa shape index (κ2) is 5.89. The van der Waals surface area contributed by atoms with Crippen molar-refractivity contribution in [1.29, 1.82) is 0 Å². The quantitative estimate of drug-likeness (QED) is 0.863. The number of hydrogen-bond donors (Lipinski definition) is 0. The predicted molar refractivity (Wildman–Crippen MR) is 90.9 cm³/mol. The first kappa shape index (κ1) is 15.1. The van der Waals surface area contributed by atoms with Gasteiger partial charge in [0, 0.05) is 43.2 Å². The highest BCUT2D eigenvalue weighted by atomic mass is 32.1. The molecule has 0 aliphatic carbocycles. The van der Waals surface area contributed by atoms with Gasteiger partial charge >= 0.3 is 0 Å². The van der Waals surface area contributed by atoms with Crippen LogP contribution >= 0.6 is 11.3 Å². The standard InChI is InChI=1S/C18H22N2O2S/c1-18(2)10-13-4-3-5-14(16(13)22-18)11-20-7-8-21-15(12-20)17-19-6-9-23-17/h3-6,9,15H,7-8,10-12H2,1-2H3. The van der Waals surface area contributed by atoms with E-state index in [-0.39, 0.29) is 11.7 Å². The maximum Gasteiger partial charge on any atom is 0.127 e. The van der Waals surface area contributed by atoms with Gasteiger partial charge in [-0.1, -0.05) is 18.2 Å². The summed E-state index contributed by atoms with van der Waals surface area (Å²) < 4.78 is 12.1. The lowest BCUT2D eigenvalue weighted by atomic mass is 10.0. The Morgan fingerprint density at radius 2 is 2.30 bits per heavy atom. The molecule has 1 aromatic heterocycles. The normalized spacial score (nSPS) is 23.5. The van der Waals surface area contributed by atoms with Crippen LogP contribution in [0.25, 0.3) is 0 Å². The highest BCUT2D eigenvalue weighted by molar-refractivity contribution is 7.09. The third-order valence-corrected chi connectivity index (χ3v) is 5.31. The molecule has 1 saturated heterocycles. The minimum absolute atomic E-state index is 0.0904. The summed E-state index contributed by atoms with van der Waals surface area (Å²) in [7, 11) is 0. The number of benzene rings is 1. The lowest BCUT2D eigenvalue weighted by Gasteiger charge is -2.32. The molecule has 0 amide bonds. The molecular weight excluding hydrogens is 308 g/mol. The molecule has 0 saturated carbocycles. The Balaban J connectivity index is 1.50. The molecule has 1 aromatic carbocycles. The van der Waals surface area contributed by atoms with Crippen molar-refractivity contribution < 1.29 is 9.47 Å². The van der Waals surface area contributed by atoms with Crippen LogP contribution in [-0.2, 0) is 17.7 Å². The van der Waals surface area contributed by atoms with Crippen LogP contribution in [-0.4, -0.2) is 35.2 Å². The average Bonchev–Trinajstić information content (AvgIpc) is 3.14. The fraction of sp³-hybridized carbons (Fsp3) is 0.500. The van der Waals surface area contributed by atoms with Crippen LogP contribution < -0.4 is 4.74 Å². The molecule has 23 heavy (non-hydrogen) atoms. The zero-order chi connectivity index (χ0) is 15.9. The molecule has 4 nitrogen and oxygen atoms in total. The summed E-state index contributed by atoms with van der Waals surface area (Å²) in [6.45, 7) is 7.82. The molecule has 3 heterocycles. The third kappa shape index (κ3) is 3.13. The number of ether oxygens (including phenoxy) is 2. The molecule has 1 atom stereocenters. The lowest BCUT2D eigenvalue weighted by Crippen LogP contribution is -2.37. The van der Waals surface area contributed by atoms with Gasteiger partial charge in [-0.05, 0) is 19.4 Å². The van der Waals surface area contributed by atoms with Crippen LogP contribution in [0.1, 0.15) is 36.1 Å². The maximum atomic E-state index is 6.20. The Hall–Kier alpha value is -1.43. The molecule has 0 N–H and O–H groups in total. The molecular formula is C18H22N2O2S. The molecule has 1 unspecified atom stereocenters. The van der Waals surface area contributed by atoms with Gasteiger partial charge in [0.15, 0.2) is 0 Å². The number of fused-ring (bicyclic) bond motifs is 1. The molecule has 2 aliphatic rings. The average molecular weight is 330 g/mol. The van der Waals surface area contributed by atoms with Gasteiger partial charge in [-0.3, -0.25) is 4.90 Å². The Morgan fingerprint density at radius 1 is 1.39 bits per heavy atom. The van der Waals surface area contributed by atoms with E-state index in [0.717, 1.165) is 43.4 Å². The van der Waals surface area contributed by atoms with Crippen LogP contribution in [0.15, 0.2) is 29.8 Å². The summed E-state index contributed by atoms with van der Waals surface area (Å²) in [6, 6.07) is 6.52. The van der Waals surface area contributed by atoms with E-state index in [1.165, 1.54) is 11.1 Å². The summed E-state index contributed by atoms with van der Waals surface area (Å²) in [6.07, 6.45) is 2.93. The molecule has 0 bridgehead atoms. The van der Waals surface area contributed by atoms with E-state index < -0.39 is 0 Å². The van der Waals surface area contributed by atoms with Gasteiger partial charge < -0.3 is 9.47 Å². The molecule has 2 aromatic rings. The van der Waals surface area contributed by atoms with Crippen molar-refractivity contribution in [3.63, 3.8) is 0 Å². The van der Waals surface area contributed by atoms with Gasteiger partial charge in [0.25, 0.3) is 0 Å². The van der Waals surface area contributed by atoms with Crippen molar-refractivity contribution in [3.8, 4) is 5.75 Å². The zero-order valence-corrected chi connectivity index (χ0v) is 14.4. The number of rotatable bonds is 3. The number of aromatic nitrogens is 1. The second-order valence-electron chi connectivity index (χ2n) is 6.91. The topological polar surface area (TPSA) is 34.6 Å². The van der Waals surface area contributed by atoms with Crippen molar-refractivity contribution in [1.82, 2.24) is 9.88 Å². The van der Waals surface area contributed by atoms with E-state index in [2.05, 4.69) is 41.9 Å². The SMILES string of the molecule is CC1(C)Cc2cccc(CN3CCOC(c4nccs4)C3)c2O1. The summed E-state index contributed by atoms with van der Waals surface area (Å²) in [4.78, 5) is 6.84. The van der Waals surface area contributed by atoms with E-state index in [4.69, 9.17) is 9.47 Å². The molecule has 122 valence electrons. The van der Waals surface area contributed by atoms with E-state index >= 15 is 0 Å². The Morgan fingerprint density at radius 3 is 3.13 bits per heavy atom. The zero-order valence-electron chi connectivity index (χ0n) is 13.6. The first-order chi connectivity index (χ1) is 11.1. The van der Waals surface area contributed by atoms with E-state index in [9.17, 15) is 0 Å². The largest absolute Gasteiger partial charge is 0.487 e. The van der Waals surface area contributed by atoms with Crippen LogP contribution in [0.4, 0.5) is 0 Å². The summed E-state index contributed by atoms with van der Waals surface area (Å²) in [5.74, 6) is 1.09. The van der Waals surface area contributed by atoms with Crippen LogP contribution in [0, 0.1) is 0 Å². The van der Waals surface area contributed by atoms with Gasteiger partial charge in [-0.2, -0.15) is 0 Å². The fourth-order valence-corrected chi connectivity index (χ4v) is 4.11. The van der Waals surface area contributed by atoms with Crippen molar-refractivity contribution in [2.24, 2.45) is 0 Å². The number of morpholine rings is 1. The Bertz CT molecular complexity index is 684. The van der Waals surface area contributed by atoms with Crippen LogP contribution in [0.3, 0.4) is 0 Å². The minimum atomic E-state index is -0.0904. The van der Waals surface area contributed by atoms with Crippen molar-refractivity contribution >= 4 is 11.3 Å². The molecule has 5 heteroatoms. The summed E-state index contributed by atoms with van der Waals surface area (Å²) >= 11 is 1.67. The third-order valence-electron chi connectivity index (χ3n) is 4.44. The molecule has 4 rings (SSSR count). The highest BCUT2D eigenvalue weighted by Gasteiger charge is 2.32. The maximum absolute atomic E-state index is 6.20. The van der Waals surface area contributed by atoms with Gasteiger partial charge in [0.05, 0.1) is 6.61 Å². The predicted octanol–water partition coefficient (Wildman–Crippen LogP) is 3.43. The number of hydrogen-bond acceptors (Lipinski definition) is 5. The molecule has 0 spiro atoms. The molecule has 1 fully saturated rings. The fourth-order valence-electron chi connectivity index (χ4n) is 3.43. The summed E-state index contributed by atoms with van der Waals surface area (Å²) in [5, 5.41) is 3.09. The van der Waals surface area contributed by atoms with E-state index in [1.807, 2.05) is 11.6 Å². The lowest BCUT2D eigenvalue weighted by molar-refractivity contribution is -0.0333. The van der Waals surface area contributed by atoms with Gasteiger partial charge in [-0.15, -0.1) is 11.3 Å². The smallest absolute Gasteiger partial charge is 0.127 e. The Kier molecular flexibility index (Phi) is 3.87. The first-order valence-corrected chi connectivity index (χ1v) is 9.02. The number of thiazole rings is 1. The molecule has 2 aliphatic heterocycles. The van der Waals surface area contributed by atoms with E-state index in [0.29, 0.717) is 0 Å². The van der Waals surface area contributed by atoms with Crippen molar-refractivity contribution in [2.75, 3.05) is 19.7 Å². The van der Waals surface area contributed by atoms with Crippen molar-refractivity contribution in [2.45, 2.75) is 38.5 Å². The Labute approximate surface area is 141 Å². The highest BCUT2D eigenvalue weighted by Crippen LogP contribution is 2.38. The number of para-hydroxylation sites is 1. The van der Waals surface area contributed by atoms with E-state index in [1.54, 1.807) is 11.3 Å².